The maximum Gasteiger partial charge on any atom is 0.255 e. The summed E-state index contributed by atoms with van der Waals surface area (Å²) >= 11 is 0. The van der Waals surface area contributed by atoms with Crippen molar-refractivity contribution >= 4 is 5.91 Å². The molecule has 5 nitrogen and oxygen atoms in total. The maximum absolute atomic E-state index is 12.4. The van der Waals surface area contributed by atoms with Crippen LogP contribution in [0.15, 0.2) is 31.0 Å². The van der Waals surface area contributed by atoms with Crippen LogP contribution < -0.4 is 4.74 Å². The second kappa shape index (κ2) is 8.99. The second-order valence-electron chi connectivity index (χ2n) is 7.00. The maximum atomic E-state index is 12.4. The third-order valence-corrected chi connectivity index (χ3v) is 5.02. The van der Waals surface area contributed by atoms with Crippen molar-refractivity contribution in [2.24, 2.45) is 0 Å². The average molecular weight is 343 g/mol. The number of likely N-dealkylation sites (tertiary alicyclic amines) is 2. The lowest BCUT2D eigenvalue weighted by Gasteiger charge is -2.24. The lowest BCUT2D eigenvalue weighted by molar-refractivity contribution is 0.0792. The summed E-state index contributed by atoms with van der Waals surface area (Å²) in [5, 5.41) is 0. The van der Waals surface area contributed by atoms with E-state index in [1.807, 2.05) is 23.1 Å². The van der Waals surface area contributed by atoms with Crippen LogP contribution in [0.2, 0.25) is 0 Å². The Morgan fingerprint density at radius 1 is 1.20 bits per heavy atom. The number of ether oxygens (including phenoxy) is 1. The smallest absolute Gasteiger partial charge is 0.255 e. The summed E-state index contributed by atoms with van der Waals surface area (Å²) < 4.78 is 6.11. The number of carbonyl (C=O) groups is 1. The highest BCUT2D eigenvalue weighted by atomic mass is 16.5. The van der Waals surface area contributed by atoms with E-state index in [2.05, 4.69) is 16.5 Å². The molecule has 0 spiro atoms. The van der Waals surface area contributed by atoms with E-state index in [0.717, 1.165) is 58.4 Å². The van der Waals surface area contributed by atoms with Crippen molar-refractivity contribution in [3.05, 3.63) is 36.5 Å². The molecule has 136 valence electrons. The van der Waals surface area contributed by atoms with Gasteiger partial charge in [-0.15, -0.1) is 6.58 Å². The Morgan fingerprint density at radius 2 is 1.92 bits per heavy atom. The molecule has 0 radical (unpaired) electrons. The Hall–Kier alpha value is -1.88. The minimum Gasteiger partial charge on any atom is -0.473 e. The number of aromatic nitrogens is 1. The van der Waals surface area contributed by atoms with Crippen molar-refractivity contribution in [3.63, 3.8) is 0 Å². The Labute approximate surface area is 150 Å². The number of hydrogen-bond acceptors (Lipinski definition) is 4. The average Bonchev–Trinajstić information content (AvgIpc) is 3.33. The third kappa shape index (κ3) is 5.05. The molecule has 0 bridgehead atoms. The van der Waals surface area contributed by atoms with Gasteiger partial charge in [-0.3, -0.25) is 9.69 Å². The quantitative estimate of drug-likeness (QED) is 0.680. The van der Waals surface area contributed by atoms with E-state index < -0.39 is 0 Å². The minimum absolute atomic E-state index is 0.0804. The van der Waals surface area contributed by atoms with Crippen molar-refractivity contribution in [3.8, 4) is 5.88 Å². The third-order valence-electron chi connectivity index (χ3n) is 5.02. The van der Waals surface area contributed by atoms with Crippen LogP contribution in [-0.2, 0) is 0 Å². The zero-order valence-electron chi connectivity index (χ0n) is 15.0. The van der Waals surface area contributed by atoms with Crippen molar-refractivity contribution < 1.29 is 9.53 Å². The van der Waals surface area contributed by atoms with Gasteiger partial charge < -0.3 is 9.64 Å². The second-order valence-corrected chi connectivity index (χ2v) is 7.00. The molecule has 1 atom stereocenters. The first kappa shape index (κ1) is 17.9. The predicted molar refractivity (Wildman–Crippen MR) is 98.9 cm³/mol. The first-order chi connectivity index (χ1) is 12.3. The molecule has 5 heteroatoms. The van der Waals surface area contributed by atoms with E-state index in [-0.39, 0.29) is 12.0 Å². The first-order valence-electron chi connectivity index (χ1n) is 9.51. The van der Waals surface area contributed by atoms with Crippen LogP contribution in [0.4, 0.5) is 0 Å². The van der Waals surface area contributed by atoms with Crippen molar-refractivity contribution in [1.82, 2.24) is 14.8 Å². The summed E-state index contributed by atoms with van der Waals surface area (Å²) in [6, 6.07) is 3.66. The molecule has 3 rings (SSSR count). The van der Waals surface area contributed by atoms with E-state index >= 15 is 0 Å². The fourth-order valence-corrected chi connectivity index (χ4v) is 3.59. The van der Waals surface area contributed by atoms with Gasteiger partial charge in [0.15, 0.2) is 0 Å². The summed E-state index contributed by atoms with van der Waals surface area (Å²) in [5.74, 6) is 0.683. The highest BCUT2D eigenvalue weighted by Crippen LogP contribution is 2.18. The van der Waals surface area contributed by atoms with Gasteiger partial charge in [-0.1, -0.05) is 6.08 Å². The van der Waals surface area contributed by atoms with Crippen LogP contribution in [0.25, 0.3) is 0 Å². The van der Waals surface area contributed by atoms with E-state index in [1.165, 1.54) is 12.8 Å². The number of allylic oxidation sites excluding steroid dienone is 1. The molecule has 1 aromatic rings. The number of amides is 1. The number of nitrogens with zero attached hydrogens (tertiary/aromatic N) is 3. The zero-order valence-corrected chi connectivity index (χ0v) is 15.0. The van der Waals surface area contributed by atoms with Gasteiger partial charge in [-0.25, -0.2) is 4.98 Å². The monoisotopic (exact) mass is 343 g/mol. The summed E-state index contributed by atoms with van der Waals surface area (Å²) in [5.41, 5.74) is 0.649. The van der Waals surface area contributed by atoms with Crippen molar-refractivity contribution in [1.29, 1.82) is 0 Å². The normalized spacial score (nSPS) is 19.1. The molecule has 3 heterocycles. The van der Waals surface area contributed by atoms with Gasteiger partial charge in [0.2, 0.25) is 5.88 Å². The summed E-state index contributed by atoms with van der Waals surface area (Å²) in [6.07, 6.45) is 10.3. The Morgan fingerprint density at radius 3 is 2.56 bits per heavy atom. The Balaban J connectivity index is 1.58. The molecular formula is C20H29N3O2. The summed E-state index contributed by atoms with van der Waals surface area (Å²) in [6.45, 7) is 8.78. The fourth-order valence-electron chi connectivity index (χ4n) is 3.59. The lowest BCUT2D eigenvalue weighted by atomic mass is 10.2. The molecule has 2 aliphatic rings. The van der Waals surface area contributed by atoms with E-state index in [9.17, 15) is 4.79 Å². The van der Waals surface area contributed by atoms with Gasteiger partial charge in [0.1, 0.15) is 6.10 Å². The minimum atomic E-state index is 0.0804. The number of hydrogen-bond donors (Lipinski definition) is 0. The van der Waals surface area contributed by atoms with Gasteiger partial charge in [-0.2, -0.15) is 0 Å². The van der Waals surface area contributed by atoms with Gasteiger partial charge in [0, 0.05) is 31.9 Å². The Kier molecular flexibility index (Phi) is 6.45. The lowest BCUT2D eigenvalue weighted by Crippen LogP contribution is -2.34. The van der Waals surface area contributed by atoms with Gasteiger partial charge >= 0.3 is 0 Å². The molecule has 0 saturated carbocycles. The fraction of sp³-hybridized carbons (Fsp3) is 0.600. The van der Waals surface area contributed by atoms with Crippen LogP contribution >= 0.6 is 0 Å². The number of rotatable bonds is 8. The van der Waals surface area contributed by atoms with Crippen LogP contribution in [0.1, 0.15) is 48.9 Å². The molecular weight excluding hydrogens is 314 g/mol. The molecule has 0 aliphatic carbocycles. The van der Waals surface area contributed by atoms with Gasteiger partial charge in [-0.05, 0) is 57.7 Å². The number of carbonyl (C=O) groups excluding carboxylic acids is 1. The van der Waals surface area contributed by atoms with Gasteiger partial charge in [0.25, 0.3) is 5.91 Å². The van der Waals surface area contributed by atoms with Crippen LogP contribution in [0.3, 0.4) is 0 Å². The predicted octanol–water partition coefficient (Wildman–Crippen LogP) is 3.13. The highest BCUT2D eigenvalue weighted by Gasteiger charge is 2.21. The number of pyridine rings is 1. The molecule has 0 unspecified atom stereocenters. The molecule has 2 aliphatic heterocycles. The van der Waals surface area contributed by atoms with Crippen LogP contribution in [-0.4, -0.2) is 59.5 Å². The van der Waals surface area contributed by atoms with E-state index in [4.69, 9.17) is 4.74 Å². The molecule has 0 N–H and O–H groups in total. The topological polar surface area (TPSA) is 45.7 Å². The van der Waals surface area contributed by atoms with E-state index in [1.54, 1.807) is 6.20 Å². The molecule has 1 amide bonds. The van der Waals surface area contributed by atoms with E-state index in [0.29, 0.717) is 11.4 Å². The largest absolute Gasteiger partial charge is 0.473 e. The van der Waals surface area contributed by atoms with Gasteiger partial charge in [0.05, 0.1) is 5.56 Å². The summed E-state index contributed by atoms with van der Waals surface area (Å²) in [7, 11) is 0. The summed E-state index contributed by atoms with van der Waals surface area (Å²) in [4.78, 5) is 21.1. The van der Waals surface area contributed by atoms with Crippen LogP contribution in [0.5, 0.6) is 5.88 Å². The molecule has 2 fully saturated rings. The standard InChI is InChI=1S/C20H29N3O2/c1-2-3-8-18(16-22-11-4-5-12-22)25-19-10-9-17(15-21-19)20(24)23-13-6-7-14-23/h2,9-10,15,18H,1,3-8,11-14,16H2/t18-/m0/s1. The highest BCUT2D eigenvalue weighted by molar-refractivity contribution is 5.94. The first-order valence-corrected chi connectivity index (χ1v) is 9.51. The zero-order chi connectivity index (χ0) is 17.5. The van der Waals surface area contributed by atoms with Crippen LogP contribution in [0, 0.1) is 0 Å². The SMILES string of the molecule is C=CCC[C@@H](CN1CCCC1)Oc1ccc(C(=O)N2CCCC2)cn1. The molecule has 2 saturated heterocycles. The molecule has 25 heavy (non-hydrogen) atoms. The Bertz CT molecular complexity index is 561. The van der Waals surface area contributed by atoms with Crippen molar-refractivity contribution in [2.45, 2.75) is 44.6 Å². The molecule has 1 aromatic heterocycles. The molecule has 0 aromatic carbocycles. The van der Waals surface area contributed by atoms with Crippen molar-refractivity contribution in [2.75, 3.05) is 32.7 Å².